The van der Waals surface area contributed by atoms with Crippen molar-refractivity contribution in [3.63, 3.8) is 0 Å². The van der Waals surface area contributed by atoms with Gasteiger partial charge in [-0.1, -0.05) is 0 Å². The van der Waals surface area contributed by atoms with Gasteiger partial charge in [0, 0.05) is 38.6 Å². The molecule has 8 heteroatoms. The molecule has 2 aliphatic rings. The number of methoxy groups -OCH3 is 1. The molecule has 1 aromatic heterocycles. The van der Waals surface area contributed by atoms with Gasteiger partial charge in [0.25, 0.3) is 0 Å². The minimum atomic E-state index is -0.771. The van der Waals surface area contributed by atoms with Gasteiger partial charge in [0.15, 0.2) is 11.6 Å². The number of ether oxygens (including phenoxy) is 1. The first kappa shape index (κ1) is 23.2. The molecule has 33 heavy (non-hydrogen) atoms. The Bertz CT molecular complexity index is 1050. The number of rotatable bonds is 4. The molecular formula is C25H28FN3O4. The zero-order chi connectivity index (χ0) is 23.8. The third kappa shape index (κ3) is 4.57. The molecule has 1 aromatic carbocycles. The summed E-state index contributed by atoms with van der Waals surface area (Å²) in [4.78, 5) is 48.5. The summed E-state index contributed by atoms with van der Waals surface area (Å²) in [5.41, 5.74) is 2.74. The minimum absolute atomic E-state index is 0.0461. The van der Waals surface area contributed by atoms with Gasteiger partial charge in [0.1, 0.15) is 24.1 Å². The molecule has 4 rings (SSSR count). The van der Waals surface area contributed by atoms with Crippen LogP contribution in [-0.2, 0) is 19.1 Å². The molecule has 0 bridgehead atoms. The van der Waals surface area contributed by atoms with Crippen molar-refractivity contribution in [2.24, 2.45) is 5.41 Å². The van der Waals surface area contributed by atoms with Gasteiger partial charge in [0.2, 0.25) is 5.91 Å². The van der Waals surface area contributed by atoms with Crippen LogP contribution in [0.15, 0.2) is 24.5 Å². The molecule has 174 valence electrons. The Morgan fingerprint density at radius 2 is 1.64 bits per heavy atom. The van der Waals surface area contributed by atoms with Crippen LogP contribution in [0.25, 0.3) is 11.4 Å². The summed E-state index contributed by atoms with van der Waals surface area (Å²) in [6.07, 6.45) is 4.21. The van der Waals surface area contributed by atoms with Crippen LogP contribution in [0.5, 0.6) is 0 Å². The molecule has 0 atom stereocenters. The van der Waals surface area contributed by atoms with Crippen LogP contribution in [0.2, 0.25) is 0 Å². The number of halogens is 1. The number of amides is 1. The first-order valence-corrected chi connectivity index (χ1v) is 11.1. The van der Waals surface area contributed by atoms with E-state index in [0.29, 0.717) is 50.2 Å². The van der Waals surface area contributed by atoms with E-state index in [2.05, 4.69) is 9.97 Å². The lowest BCUT2D eigenvalue weighted by atomic mass is 9.62. The van der Waals surface area contributed by atoms with Crippen molar-refractivity contribution in [1.82, 2.24) is 14.9 Å². The Hall–Kier alpha value is -3.00. The van der Waals surface area contributed by atoms with Crippen LogP contribution in [0.1, 0.15) is 48.3 Å². The van der Waals surface area contributed by atoms with Gasteiger partial charge < -0.3 is 9.64 Å². The molecule has 1 amide bonds. The molecule has 2 heterocycles. The second kappa shape index (κ2) is 9.09. The zero-order valence-electron chi connectivity index (χ0n) is 19.2. The predicted molar refractivity (Wildman–Crippen MR) is 119 cm³/mol. The number of ketones is 2. The molecule has 0 unspecified atom stereocenters. The number of hydrogen-bond donors (Lipinski definition) is 0. The van der Waals surface area contributed by atoms with Gasteiger partial charge in [-0.05, 0) is 60.9 Å². The summed E-state index contributed by atoms with van der Waals surface area (Å²) in [6.45, 7) is 4.88. The topological polar surface area (TPSA) is 89.5 Å². The lowest BCUT2D eigenvalue weighted by Gasteiger charge is -2.44. The Labute approximate surface area is 192 Å². The molecule has 0 N–H and O–H groups in total. The predicted octanol–water partition coefficient (Wildman–Crippen LogP) is 3.17. The minimum Gasteiger partial charge on any atom is -0.375 e. The van der Waals surface area contributed by atoms with Gasteiger partial charge in [-0.3, -0.25) is 14.4 Å². The van der Waals surface area contributed by atoms with E-state index < -0.39 is 11.7 Å². The fraction of sp³-hybridized carbons (Fsp3) is 0.480. The molecule has 1 aliphatic heterocycles. The number of hydrogen-bond acceptors (Lipinski definition) is 6. The number of benzene rings is 1. The van der Waals surface area contributed by atoms with Crippen LogP contribution in [0, 0.1) is 25.1 Å². The molecular weight excluding hydrogens is 425 g/mol. The summed E-state index contributed by atoms with van der Waals surface area (Å²) >= 11 is 0. The number of carbonyl (C=O) groups excluding carboxylic acids is 3. The number of likely N-dealkylation sites (tertiary alicyclic amines) is 1. The summed E-state index contributed by atoms with van der Waals surface area (Å²) in [5, 5.41) is 0. The van der Waals surface area contributed by atoms with Crippen LogP contribution < -0.4 is 0 Å². The highest BCUT2D eigenvalue weighted by Gasteiger charge is 2.47. The van der Waals surface area contributed by atoms with E-state index in [1.807, 2.05) is 26.0 Å². The Kier molecular flexibility index (Phi) is 6.38. The Morgan fingerprint density at radius 1 is 1.09 bits per heavy atom. The highest BCUT2D eigenvalue weighted by Crippen LogP contribution is 2.46. The lowest BCUT2D eigenvalue weighted by Crippen LogP contribution is -2.49. The van der Waals surface area contributed by atoms with Gasteiger partial charge in [-0.25, -0.2) is 14.4 Å². The van der Waals surface area contributed by atoms with Gasteiger partial charge in [0.05, 0.1) is 12.4 Å². The number of carbonyl (C=O) groups is 3. The van der Waals surface area contributed by atoms with Gasteiger partial charge in [-0.2, -0.15) is 0 Å². The highest BCUT2D eigenvalue weighted by molar-refractivity contribution is 6.10. The normalized spacial score (nSPS) is 18.7. The third-order valence-corrected chi connectivity index (χ3v) is 6.95. The first-order valence-electron chi connectivity index (χ1n) is 11.1. The number of aryl methyl sites for hydroxylation is 2. The zero-order valence-corrected chi connectivity index (χ0v) is 19.2. The number of aromatic nitrogens is 2. The van der Waals surface area contributed by atoms with Crippen LogP contribution in [0.3, 0.4) is 0 Å². The van der Waals surface area contributed by atoms with Crippen LogP contribution in [-0.4, -0.2) is 59.1 Å². The molecule has 7 nitrogen and oxygen atoms in total. The van der Waals surface area contributed by atoms with Crippen LogP contribution >= 0.6 is 0 Å². The molecule has 2 aromatic rings. The van der Waals surface area contributed by atoms with Gasteiger partial charge >= 0.3 is 0 Å². The fourth-order valence-corrected chi connectivity index (χ4v) is 5.33. The number of nitrogens with zero attached hydrogens (tertiary/aromatic N) is 3. The van der Waals surface area contributed by atoms with Crippen molar-refractivity contribution in [2.45, 2.75) is 45.4 Å². The standard InChI is InChI=1S/C25H28FN3O4/c1-15-8-17(24-27-12-18(26)13-28-24)9-16(2)22(15)23-19(30)10-25(11-20(23)31)4-6-29(7-5-25)21(32)14-33-3/h8-9,12-13,23H,4-7,10-11,14H2,1-3H3. The van der Waals surface area contributed by atoms with E-state index in [9.17, 15) is 18.8 Å². The Balaban J connectivity index is 1.53. The van der Waals surface area contributed by atoms with Crippen molar-refractivity contribution in [2.75, 3.05) is 26.8 Å². The largest absolute Gasteiger partial charge is 0.375 e. The van der Waals surface area contributed by atoms with Crippen molar-refractivity contribution in [1.29, 1.82) is 0 Å². The second-order valence-corrected chi connectivity index (χ2v) is 9.28. The molecule has 0 radical (unpaired) electrons. The first-order chi connectivity index (χ1) is 15.7. The highest BCUT2D eigenvalue weighted by atomic mass is 19.1. The Morgan fingerprint density at radius 3 is 2.15 bits per heavy atom. The van der Waals surface area contributed by atoms with E-state index in [-0.39, 0.29) is 29.5 Å². The van der Waals surface area contributed by atoms with E-state index in [1.165, 1.54) is 7.11 Å². The maximum atomic E-state index is 13.3. The van der Waals surface area contributed by atoms with Gasteiger partial charge in [-0.15, -0.1) is 0 Å². The van der Waals surface area contributed by atoms with Crippen molar-refractivity contribution in [3.8, 4) is 11.4 Å². The maximum Gasteiger partial charge on any atom is 0.248 e. The maximum absolute atomic E-state index is 13.3. The SMILES string of the molecule is COCC(=O)N1CCC2(CC1)CC(=O)C(c1c(C)cc(-c3ncc(F)cn3)cc1C)C(=O)C2. The van der Waals surface area contributed by atoms with Crippen molar-refractivity contribution < 1.29 is 23.5 Å². The summed E-state index contributed by atoms with van der Waals surface area (Å²) in [5.74, 6) is -1.06. The average Bonchev–Trinajstić information content (AvgIpc) is 2.76. The number of Topliss-reactive ketones (excluding diaryl/α,β-unsaturated/α-hetero) is 2. The van der Waals surface area contributed by atoms with E-state index >= 15 is 0 Å². The van der Waals surface area contributed by atoms with Crippen molar-refractivity contribution in [3.05, 3.63) is 47.0 Å². The average molecular weight is 454 g/mol. The second-order valence-electron chi connectivity index (χ2n) is 9.28. The third-order valence-electron chi connectivity index (χ3n) is 6.95. The van der Waals surface area contributed by atoms with E-state index in [0.717, 1.165) is 29.1 Å². The van der Waals surface area contributed by atoms with E-state index in [4.69, 9.17) is 4.74 Å². The van der Waals surface area contributed by atoms with E-state index in [1.54, 1.807) is 4.90 Å². The smallest absolute Gasteiger partial charge is 0.248 e. The monoisotopic (exact) mass is 453 g/mol. The summed E-state index contributed by atoms with van der Waals surface area (Å²) < 4.78 is 18.1. The molecule has 1 saturated carbocycles. The molecule has 1 saturated heterocycles. The number of piperidine rings is 1. The molecule has 1 spiro atoms. The molecule has 1 aliphatic carbocycles. The van der Waals surface area contributed by atoms with Crippen LogP contribution in [0.4, 0.5) is 4.39 Å². The summed E-state index contributed by atoms with van der Waals surface area (Å²) in [6, 6.07) is 3.70. The fourth-order valence-electron chi connectivity index (χ4n) is 5.33. The lowest BCUT2D eigenvalue weighted by molar-refractivity contribution is -0.141. The molecule has 2 fully saturated rings. The van der Waals surface area contributed by atoms with Crippen molar-refractivity contribution >= 4 is 17.5 Å². The summed E-state index contributed by atoms with van der Waals surface area (Å²) in [7, 11) is 1.49. The quantitative estimate of drug-likeness (QED) is 0.661.